The summed E-state index contributed by atoms with van der Waals surface area (Å²) in [7, 11) is 0. The summed E-state index contributed by atoms with van der Waals surface area (Å²) in [5.74, 6) is -0.421. The molecule has 0 spiro atoms. The quantitative estimate of drug-likeness (QED) is 0.874. The molecule has 21 heavy (non-hydrogen) atoms. The predicted octanol–water partition coefficient (Wildman–Crippen LogP) is 3.34. The third-order valence-corrected chi connectivity index (χ3v) is 4.29. The molecule has 0 unspecified atom stereocenters. The van der Waals surface area contributed by atoms with Crippen LogP contribution < -0.4 is 11.1 Å². The Morgan fingerprint density at radius 1 is 1.38 bits per heavy atom. The molecule has 1 aliphatic rings. The molecule has 1 aromatic carbocycles. The maximum absolute atomic E-state index is 13.7. The molecule has 0 aromatic heterocycles. The molecule has 4 nitrogen and oxygen atoms in total. The largest absolute Gasteiger partial charge is 0.328 e. The highest BCUT2D eigenvalue weighted by Gasteiger charge is 2.40. The maximum Gasteiger partial charge on any atom is 0.322 e. The van der Waals surface area contributed by atoms with Crippen molar-refractivity contribution in [2.45, 2.75) is 44.6 Å². The fourth-order valence-electron chi connectivity index (χ4n) is 3.14. The van der Waals surface area contributed by atoms with Gasteiger partial charge >= 0.3 is 6.03 Å². The zero-order chi connectivity index (χ0) is 15.3. The van der Waals surface area contributed by atoms with E-state index in [1.165, 1.54) is 6.07 Å². The van der Waals surface area contributed by atoms with Crippen LogP contribution in [-0.2, 0) is 0 Å². The summed E-state index contributed by atoms with van der Waals surface area (Å²) in [5, 5.41) is 2.69. The summed E-state index contributed by atoms with van der Waals surface area (Å²) in [6, 6.07) is 5.97. The van der Waals surface area contributed by atoms with Crippen LogP contribution in [0.25, 0.3) is 0 Å². The lowest BCUT2D eigenvalue weighted by atomic mass is 9.95. The third-order valence-electron chi connectivity index (χ3n) is 4.29. The number of nitrogens with two attached hydrogens (primary N) is 1. The van der Waals surface area contributed by atoms with E-state index in [4.69, 9.17) is 5.73 Å². The maximum atomic E-state index is 13.7. The van der Waals surface area contributed by atoms with Crippen molar-refractivity contribution in [3.8, 4) is 0 Å². The molecule has 0 saturated heterocycles. The van der Waals surface area contributed by atoms with E-state index in [-0.39, 0.29) is 17.3 Å². The second kappa shape index (κ2) is 6.89. The molecule has 2 amide bonds. The highest BCUT2D eigenvalue weighted by atomic mass is 19.1. The monoisotopic (exact) mass is 293 g/mol. The van der Waals surface area contributed by atoms with Crippen LogP contribution in [0, 0.1) is 5.82 Å². The van der Waals surface area contributed by atoms with Crippen molar-refractivity contribution >= 4 is 11.7 Å². The van der Waals surface area contributed by atoms with E-state index in [1.807, 2.05) is 11.8 Å². The zero-order valence-corrected chi connectivity index (χ0v) is 12.6. The van der Waals surface area contributed by atoms with Gasteiger partial charge in [0.05, 0.1) is 11.2 Å². The van der Waals surface area contributed by atoms with Crippen LogP contribution in [0.4, 0.5) is 14.9 Å². The molecular weight excluding hydrogens is 269 g/mol. The molecule has 1 aliphatic carbocycles. The second-order valence-electron chi connectivity index (χ2n) is 5.70. The van der Waals surface area contributed by atoms with E-state index in [0.29, 0.717) is 13.1 Å². The lowest BCUT2D eigenvalue weighted by molar-refractivity contribution is 0.129. The Labute approximate surface area is 125 Å². The Morgan fingerprint density at radius 2 is 2.05 bits per heavy atom. The summed E-state index contributed by atoms with van der Waals surface area (Å²) in [6.45, 7) is 3.12. The summed E-state index contributed by atoms with van der Waals surface area (Å²) >= 11 is 0. The molecule has 116 valence electrons. The number of amides is 2. The topological polar surface area (TPSA) is 58.4 Å². The Kier molecular flexibility index (Phi) is 5.17. The van der Waals surface area contributed by atoms with E-state index in [0.717, 1.165) is 32.1 Å². The minimum absolute atomic E-state index is 0.216. The van der Waals surface area contributed by atoms with Crippen molar-refractivity contribution in [1.82, 2.24) is 4.90 Å². The standard InChI is InChI=1S/C16H24FN3O/c1-2-11-20(16(12-18)9-5-6-10-16)15(21)19-14-8-4-3-7-13(14)17/h3-4,7-8H,2,5-6,9-12,18H2,1H3,(H,19,21). The molecule has 1 saturated carbocycles. The van der Waals surface area contributed by atoms with Gasteiger partial charge in [-0.15, -0.1) is 0 Å². The lowest BCUT2D eigenvalue weighted by Crippen LogP contribution is -2.56. The average molecular weight is 293 g/mol. The average Bonchev–Trinajstić information content (AvgIpc) is 2.97. The number of hydrogen-bond acceptors (Lipinski definition) is 2. The van der Waals surface area contributed by atoms with Crippen molar-refractivity contribution in [2.24, 2.45) is 5.73 Å². The molecule has 0 radical (unpaired) electrons. The van der Waals surface area contributed by atoms with Gasteiger partial charge in [0.25, 0.3) is 0 Å². The predicted molar refractivity (Wildman–Crippen MR) is 82.7 cm³/mol. The first kappa shape index (κ1) is 15.8. The lowest BCUT2D eigenvalue weighted by Gasteiger charge is -2.40. The smallest absolute Gasteiger partial charge is 0.322 e. The first-order chi connectivity index (χ1) is 10.1. The SMILES string of the molecule is CCCN(C(=O)Nc1ccccc1F)C1(CN)CCCC1. The molecule has 0 atom stereocenters. The molecular formula is C16H24FN3O. The molecule has 2 rings (SSSR count). The Balaban J connectivity index is 2.18. The van der Waals surface area contributed by atoms with E-state index in [1.54, 1.807) is 18.2 Å². The zero-order valence-electron chi connectivity index (χ0n) is 12.6. The summed E-state index contributed by atoms with van der Waals surface area (Å²) in [5.41, 5.74) is 5.91. The van der Waals surface area contributed by atoms with Crippen LogP contribution in [0.3, 0.4) is 0 Å². The molecule has 5 heteroatoms. The van der Waals surface area contributed by atoms with Gasteiger partial charge in [-0.1, -0.05) is 31.9 Å². The van der Waals surface area contributed by atoms with Crippen molar-refractivity contribution in [3.63, 3.8) is 0 Å². The number of nitrogens with one attached hydrogen (secondary N) is 1. The number of anilines is 1. The fourth-order valence-corrected chi connectivity index (χ4v) is 3.14. The van der Waals surface area contributed by atoms with Crippen molar-refractivity contribution in [3.05, 3.63) is 30.1 Å². The number of urea groups is 1. The first-order valence-corrected chi connectivity index (χ1v) is 7.66. The van der Waals surface area contributed by atoms with Crippen LogP contribution in [0.15, 0.2) is 24.3 Å². The van der Waals surface area contributed by atoms with Crippen LogP contribution in [0.1, 0.15) is 39.0 Å². The van der Waals surface area contributed by atoms with E-state index in [2.05, 4.69) is 5.32 Å². The minimum atomic E-state index is -0.421. The summed E-state index contributed by atoms with van der Waals surface area (Å²) in [4.78, 5) is 14.4. The van der Waals surface area contributed by atoms with E-state index in [9.17, 15) is 9.18 Å². The second-order valence-corrected chi connectivity index (χ2v) is 5.70. The molecule has 1 aromatic rings. The number of nitrogens with zero attached hydrogens (tertiary/aromatic N) is 1. The Hall–Kier alpha value is -1.62. The first-order valence-electron chi connectivity index (χ1n) is 7.66. The molecule has 0 heterocycles. The van der Waals surface area contributed by atoms with Gasteiger partial charge in [-0.2, -0.15) is 0 Å². The van der Waals surface area contributed by atoms with Gasteiger partial charge in [-0.3, -0.25) is 0 Å². The fraction of sp³-hybridized carbons (Fsp3) is 0.562. The number of halogens is 1. The van der Waals surface area contributed by atoms with Crippen molar-refractivity contribution < 1.29 is 9.18 Å². The van der Waals surface area contributed by atoms with Gasteiger partial charge in [0, 0.05) is 13.1 Å². The minimum Gasteiger partial charge on any atom is -0.328 e. The Morgan fingerprint density at radius 3 is 2.62 bits per heavy atom. The van der Waals surface area contributed by atoms with Crippen LogP contribution in [0.2, 0.25) is 0 Å². The van der Waals surface area contributed by atoms with Gasteiger partial charge in [-0.05, 0) is 31.4 Å². The van der Waals surface area contributed by atoms with Crippen molar-refractivity contribution in [1.29, 1.82) is 0 Å². The highest BCUT2D eigenvalue weighted by Crippen LogP contribution is 2.35. The van der Waals surface area contributed by atoms with Crippen molar-refractivity contribution in [2.75, 3.05) is 18.4 Å². The number of benzene rings is 1. The molecule has 0 aliphatic heterocycles. The Bertz CT molecular complexity index is 486. The highest BCUT2D eigenvalue weighted by molar-refractivity contribution is 5.90. The van der Waals surface area contributed by atoms with Crippen LogP contribution in [0.5, 0.6) is 0 Å². The number of carbonyl (C=O) groups is 1. The normalized spacial score (nSPS) is 16.7. The number of carbonyl (C=O) groups excluding carboxylic acids is 1. The van der Waals surface area contributed by atoms with Gasteiger partial charge in [0.1, 0.15) is 5.82 Å². The molecule has 3 N–H and O–H groups in total. The van der Waals surface area contributed by atoms with Gasteiger partial charge < -0.3 is 16.0 Å². The third kappa shape index (κ3) is 3.35. The number of para-hydroxylation sites is 1. The van der Waals surface area contributed by atoms with Crippen LogP contribution in [-0.4, -0.2) is 29.6 Å². The molecule has 0 bridgehead atoms. The number of rotatable bonds is 5. The summed E-state index contributed by atoms with van der Waals surface area (Å²) in [6.07, 6.45) is 4.88. The van der Waals surface area contributed by atoms with Crippen LogP contribution >= 0.6 is 0 Å². The van der Waals surface area contributed by atoms with E-state index < -0.39 is 5.82 Å². The molecule has 1 fully saturated rings. The van der Waals surface area contributed by atoms with Gasteiger partial charge in [0.2, 0.25) is 0 Å². The van der Waals surface area contributed by atoms with Gasteiger partial charge in [-0.25, -0.2) is 9.18 Å². The van der Waals surface area contributed by atoms with E-state index >= 15 is 0 Å². The number of hydrogen-bond donors (Lipinski definition) is 2. The van der Waals surface area contributed by atoms with Gasteiger partial charge in [0.15, 0.2) is 0 Å². The summed E-state index contributed by atoms with van der Waals surface area (Å²) < 4.78 is 13.7.